The molecule has 1 unspecified atom stereocenters. The van der Waals surface area contributed by atoms with Crippen molar-refractivity contribution in [1.29, 1.82) is 0 Å². The van der Waals surface area contributed by atoms with E-state index >= 15 is 0 Å². The second-order valence-corrected chi connectivity index (χ2v) is 7.25. The van der Waals surface area contributed by atoms with Crippen molar-refractivity contribution >= 4 is 24.0 Å². The minimum atomic E-state index is -0.763. The van der Waals surface area contributed by atoms with Gasteiger partial charge in [0.25, 0.3) is 5.91 Å². The van der Waals surface area contributed by atoms with Gasteiger partial charge in [-0.1, -0.05) is 32.9 Å². The van der Waals surface area contributed by atoms with E-state index < -0.39 is 17.9 Å². The zero-order chi connectivity index (χ0) is 17.9. The largest absolute Gasteiger partial charge is 0.340 e. The number of imide groups is 1. The van der Waals surface area contributed by atoms with Crippen LogP contribution in [0.5, 0.6) is 0 Å². The van der Waals surface area contributed by atoms with Gasteiger partial charge < -0.3 is 5.32 Å². The third-order valence-electron chi connectivity index (χ3n) is 3.77. The Kier molecular flexibility index (Phi) is 5.17. The van der Waals surface area contributed by atoms with Crippen molar-refractivity contribution < 1.29 is 19.2 Å². The Balaban J connectivity index is 2.20. The quantitative estimate of drug-likeness (QED) is 0.648. The number of hydrogen-bond donors (Lipinski definition) is 2. The maximum Gasteiger partial charge on any atom is 0.252 e. The third kappa shape index (κ3) is 4.50. The highest BCUT2D eigenvalue weighted by atomic mass is 16.2. The van der Waals surface area contributed by atoms with Crippen LogP contribution in [0.25, 0.3) is 0 Å². The molecule has 0 spiro atoms. The van der Waals surface area contributed by atoms with E-state index in [1.807, 2.05) is 6.07 Å². The van der Waals surface area contributed by atoms with Crippen LogP contribution in [0.4, 0.5) is 0 Å². The molecule has 1 heterocycles. The maximum absolute atomic E-state index is 12.5. The van der Waals surface area contributed by atoms with Crippen molar-refractivity contribution in [3.05, 3.63) is 34.9 Å². The fourth-order valence-corrected chi connectivity index (χ4v) is 2.69. The molecule has 6 heteroatoms. The van der Waals surface area contributed by atoms with Gasteiger partial charge in [-0.2, -0.15) is 0 Å². The zero-order valence-electron chi connectivity index (χ0n) is 14.1. The predicted octanol–water partition coefficient (Wildman–Crippen LogP) is 1.62. The van der Waals surface area contributed by atoms with E-state index in [2.05, 4.69) is 31.4 Å². The van der Waals surface area contributed by atoms with Crippen LogP contribution in [0.2, 0.25) is 0 Å². The van der Waals surface area contributed by atoms with Crippen molar-refractivity contribution in [2.45, 2.75) is 46.1 Å². The summed E-state index contributed by atoms with van der Waals surface area (Å²) >= 11 is 0. The minimum Gasteiger partial charge on any atom is -0.340 e. The van der Waals surface area contributed by atoms with Crippen LogP contribution in [0.3, 0.4) is 0 Å². The molecule has 0 radical (unpaired) electrons. The predicted molar refractivity (Wildman–Crippen MR) is 88.6 cm³/mol. The van der Waals surface area contributed by atoms with Gasteiger partial charge >= 0.3 is 0 Å². The molecule has 1 aromatic carbocycles. The SMILES string of the molecule is CC(C)(C)Cc1ccc(C=O)c(C(=O)NC2CCC(=O)NC2=O)c1. The Morgan fingerprint density at radius 1 is 1.33 bits per heavy atom. The second-order valence-electron chi connectivity index (χ2n) is 7.25. The topological polar surface area (TPSA) is 92.3 Å². The molecule has 1 atom stereocenters. The van der Waals surface area contributed by atoms with Crippen molar-refractivity contribution in [2.75, 3.05) is 0 Å². The van der Waals surface area contributed by atoms with Gasteiger partial charge in [0.1, 0.15) is 6.04 Å². The Labute approximate surface area is 141 Å². The summed E-state index contributed by atoms with van der Waals surface area (Å²) < 4.78 is 0. The summed E-state index contributed by atoms with van der Waals surface area (Å²) in [7, 11) is 0. The first-order valence-electron chi connectivity index (χ1n) is 7.92. The molecule has 1 aromatic rings. The van der Waals surface area contributed by atoms with Gasteiger partial charge in [0.05, 0.1) is 5.56 Å². The monoisotopic (exact) mass is 330 g/mol. The number of piperidine rings is 1. The molecule has 2 rings (SSSR count). The van der Waals surface area contributed by atoms with Crippen LogP contribution >= 0.6 is 0 Å². The average molecular weight is 330 g/mol. The van der Waals surface area contributed by atoms with Gasteiger partial charge in [-0.05, 0) is 29.9 Å². The van der Waals surface area contributed by atoms with Crippen molar-refractivity contribution in [2.24, 2.45) is 5.41 Å². The highest BCUT2D eigenvalue weighted by Gasteiger charge is 2.28. The van der Waals surface area contributed by atoms with E-state index in [1.165, 1.54) is 0 Å². The molecule has 0 aliphatic carbocycles. The molecule has 128 valence electrons. The number of carbonyl (C=O) groups excluding carboxylic acids is 4. The van der Waals surface area contributed by atoms with Gasteiger partial charge in [0.15, 0.2) is 6.29 Å². The molecule has 1 fully saturated rings. The van der Waals surface area contributed by atoms with E-state index in [0.717, 1.165) is 12.0 Å². The maximum atomic E-state index is 12.5. The van der Waals surface area contributed by atoms with Gasteiger partial charge in [-0.25, -0.2) is 0 Å². The molecule has 0 bridgehead atoms. The van der Waals surface area contributed by atoms with Crippen molar-refractivity contribution in [1.82, 2.24) is 10.6 Å². The van der Waals surface area contributed by atoms with Crippen LogP contribution in [0.15, 0.2) is 18.2 Å². The van der Waals surface area contributed by atoms with E-state index in [0.29, 0.717) is 6.29 Å². The highest BCUT2D eigenvalue weighted by Crippen LogP contribution is 2.22. The smallest absolute Gasteiger partial charge is 0.252 e. The summed E-state index contributed by atoms with van der Waals surface area (Å²) in [6, 6.07) is 4.38. The van der Waals surface area contributed by atoms with E-state index in [1.54, 1.807) is 12.1 Å². The molecule has 1 saturated heterocycles. The molecule has 24 heavy (non-hydrogen) atoms. The summed E-state index contributed by atoms with van der Waals surface area (Å²) in [5, 5.41) is 4.80. The van der Waals surface area contributed by atoms with Crippen LogP contribution < -0.4 is 10.6 Å². The van der Waals surface area contributed by atoms with Crippen molar-refractivity contribution in [3.8, 4) is 0 Å². The van der Waals surface area contributed by atoms with E-state index in [9.17, 15) is 19.2 Å². The van der Waals surface area contributed by atoms with Crippen LogP contribution in [-0.2, 0) is 16.0 Å². The number of hydrogen-bond acceptors (Lipinski definition) is 4. The summed E-state index contributed by atoms with van der Waals surface area (Å²) in [6.45, 7) is 6.26. The highest BCUT2D eigenvalue weighted by molar-refractivity contribution is 6.06. The lowest BCUT2D eigenvalue weighted by Gasteiger charge is -2.22. The molecular weight excluding hydrogens is 308 g/mol. The Bertz CT molecular complexity index is 689. The van der Waals surface area contributed by atoms with Crippen LogP contribution in [0.1, 0.15) is 59.9 Å². The number of amides is 3. The number of nitrogens with one attached hydrogen (secondary N) is 2. The van der Waals surface area contributed by atoms with Gasteiger partial charge in [-0.3, -0.25) is 24.5 Å². The molecule has 1 aliphatic rings. The Morgan fingerprint density at radius 3 is 2.62 bits per heavy atom. The molecule has 3 amide bonds. The molecule has 0 aromatic heterocycles. The Morgan fingerprint density at radius 2 is 2.04 bits per heavy atom. The van der Waals surface area contributed by atoms with Crippen molar-refractivity contribution in [3.63, 3.8) is 0 Å². The van der Waals surface area contributed by atoms with E-state index in [4.69, 9.17) is 0 Å². The van der Waals surface area contributed by atoms with Crippen LogP contribution in [-0.4, -0.2) is 30.0 Å². The normalized spacial score (nSPS) is 18.0. The fraction of sp³-hybridized carbons (Fsp3) is 0.444. The lowest BCUT2D eigenvalue weighted by atomic mass is 9.87. The molecule has 2 N–H and O–H groups in total. The summed E-state index contributed by atoms with van der Waals surface area (Å²) in [5.74, 6) is -1.34. The van der Waals surface area contributed by atoms with Gasteiger partial charge in [0, 0.05) is 12.0 Å². The molecular formula is C18H22N2O4. The minimum absolute atomic E-state index is 0.0417. The first-order valence-corrected chi connectivity index (χ1v) is 7.92. The first kappa shape index (κ1) is 17.8. The zero-order valence-corrected chi connectivity index (χ0v) is 14.1. The molecule has 1 aliphatic heterocycles. The van der Waals surface area contributed by atoms with Gasteiger partial charge in [0.2, 0.25) is 11.8 Å². The third-order valence-corrected chi connectivity index (χ3v) is 3.77. The standard InChI is InChI=1S/C18H22N2O4/c1-18(2,3)9-11-4-5-12(10-21)13(8-11)16(23)19-14-6-7-15(22)20-17(14)24/h4-5,8,10,14H,6-7,9H2,1-3H3,(H,19,23)(H,20,22,24). The summed E-state index contributed by atoms with van der Waals surface area (Å²) in [6.07, 6.45) is 1.82. The second kappa shape index (κ2) is 6.95. The number of carbonyl (C=O) groups is 4. The fourth-order valence-electron chi connectivity index (χ4n) is 2.69. The molecule has 6 nitrogen and oxygen atoms in total. The van der Waals surface area contributed by atoms with Crippen LogP contribution in [0, 0.1) is 5.41 Å². The summed E-state index contributed by atoms with van der Waals surface area (Å²) in [5.41, 5.74) is 1.51. The average Bonchev–Trinajstić information content (AvgIpc) is 2.48. The molecule has 0 saturated carbocycles. The summed E-state index contributed by atoms with van der Waals surface area (Å²) in [4.78, 5) is 46.7. The Hall–Kier alpha value is -2.50. The number of aldehydes is 1. The lowest BCUT2D eigenvalue weighted by Crippen LogP contribution is -2.52. The number of rotatable bonds is 4. The number of benzene rings is 1. The van der Waals surface area contributed by atoms with E-state index in [-0.39, 0.29) is 35.3 Å². The van der Waals surface area contributed by atoms with Gasteiger partial charge in [-0.15, -0.1) is 0 Å². The lowest BCUT2D eigenvalue weighted by molar-refractivity contribution is -0.134. The first-order chi connectivity index (χ1) is 11.2.